The van der Waals surface area contributed by atoms with Crippen molar-refractivity contribution in [2.75, 3.05) is 27.2 Å². The normalized spacial score (nSPS) is 21.8. The summed E-state index contributed by atoms with van der Waals surface area (Å²) in [6, 6.07) is 0. The largest absolute Gasteiger partial charge is 0.481 e. The lowest BCUT2D eigenvalue weighted by Crippen LogP contribution is -2.53. The van der Waals surface area contributed by atoms with Gasteiger partial charge in [0.25, 0.3) is 0 Å². The maximum absolute atomic E-state index is 12.8. The number of carboxylic acid groups (broad SMARTS) is 1. The van der Waals surface area contributed by atoms with Crippen molar-refractivity contribution < 1.29 is 24.3 Å². The average molecular weight is 340 g/mol. The van der Waals surface area contributed by atoms with Crippen molar-refractivity contribution >= 4 is 23.4 Å². The molecule has 0 radical (unpaired) electrons. The molecule has 2 unspecified atom stereocenters. The molecule has 7 nitrogen and oxygen atoms in total. The fourth-order valence-corrected chi connectivity index (χ4v) is 3.20. The summed E-state index contributed by atoms with van der Waals surface area (Å²) >= 11 is 0. The predicted octanol–water partition coefficient (Wildman–Crippen LogP) is 0.958. The van der Waals surface area contributed by atoms with E-state index < -0.39 is 17.4 Å². The van der Waals surface area contributed by atoms with Crippen molar-refractivity contribution in [3.63, 3.8) is 0 Å². The lowest BCUT2D eigenvalue weighted by Gasteiger charge is -2.35. The Bertz CT molecular complexity index is 517. The summed E-state index contributed by atoms with van der Waals surface area (Å²) in [5.41, 5.74) is -0.899. The van der Waals surface area contributed by atoms with Crippen LogP contribution in [0.1, 0.15) is 46.0 Å². The molecular formula is C17H28N2O5. The highest BCUT2D eigenvalue weighted by Crippen LogP contribution is 2.32. The van der Waals surface area contributed by atoms with Crippen molar-refractivity contribution in [2.45, 2.75) is 51.5 Å². The summed E-state index contributed by atoms with van der Waals surface area (Å²) in [5, 5.41) is 8.79. The molecule has 7 heteroatoms. The summed E-state index contributed by atoms with van der Waals surface area (Å²) in [4.78, 5) is 51.1. The second-order valence-corrected chi connectivity index (χ2v) is 7.03. The molecule has 1 saturated heterocycles. The van der Waals surface area contributed by atoms with Crippen LogP contribution in [0.4, 0.5) is 0 Å². The zero-order chi connectivity index (χ0) is 18.5. The van der Waals surface area contributed by atoms with Gasteiger partial charge in [0.2, 0.25) is 5.91 Å². The third-order valence-electron chi connectivity index (χ3n) is 4.71. The van der Waals surface area contributed by atoms with Crippen LogP contribution in [0, 0.1) is 5.92 Å². The van der Waals surface area contributed by atoms with E-state index in [1.54, 1.807) is 30.8 Å². The number of likely N-dealkylation sites (N-methyl/N-ethyl adjacent to an activating group) is 1. The van der Waals surface area contributed by atoms with Crippen LogP contribution in [-0.2, 0) is 19.2 Å². The van der Waals surface area contributed by atoms with Gasteiger partial charge in [-0.2, -0.15) is 0 Å². The molecule has 1 N–H and O–H groups in total. The summed E-state index contributed by atoms with van der Waals surface area (Å²) < 4.78 is 0. The van der Waals surface area contributed by atoms with Crippen LogP contribution >= 0.6 is 0 Å². The first-order chi connectivity index (χ1) is 11.1. The van der Waals surface area contributed by atoms with Crippen molar-refractivity contribution in [3.8, 4) is 0 Å². The lowest BCUT2D eigenvalue weighted by molar-refractivity contribution is -0.144. The van der Waals surface area contributed by atoms with Gasteiger partial charge >= 0.3 is 5.97 Å². The number of hydrogen-bond acceptors (Lipinski definition) is 5. The van der Waals surface area contributed by atoms with E-state index in [9.17, 15) is 19.2 Å². The second-order valence-electron chi connectivity index (χ2n) is 7.03. The van der Waals surface area contributed by atoms with E-state index in [-0.39, 0.29) is 43.3 Å². The van der Waals surface area contributed by atoms with Crippen LogP contribution in [0.15, 0.2) is 0 Å². The molecule has 0 saturated carbocycles. The Labute approximate surface area is 143 Å². The Morgan fingerprint density at radius 3 is 2.38 bits per heavy atom. The van der Waals surface area contributed by atoms with E-state index in [1.807, 2.05) is 0 Å². The first kappa shape index (κ1) is 20.3. The maximum Gasteiger partial charge on any atom is 0.303 e. The van der Waals surface area contributed by atoms with Crippen LogP contribution in [0.2, 0.25) is 0 Å². The molecule has 0 aromatic rings. The molecule has 1 aliphatic heterocycles. The van der Waals surface area contributed by atoms with Gasteiger partial charge in [0.15, 0.2) is 5.78 Å². The quantitative estimate of drug-likeness (QED) is 0.672. The zero-order valence-electron chi connectivity index (χ0n) is 15.0. The predicted molar refractivity (Wildman–Crippen MR) is 88.6 cm³/mol. The number of likely N-dealkylation sites (tertiary alicyclic amines) is 1. The van der Waals surface area contributed by atoms with Crippen molar-refractivity contribution in [2.24, 2.45) is 5.92 Å². The van der Waals surface area contributed by atoms with E-state index >= 15 is 0 Å². The summed E-state index contributed by atoms with van der Waals surface area (Å²) in [5.74, 6) is -2.02. The minimum absolute atomic E-state index is 0.00907. The van der Waals surface area contributed by atoms with Crippen molar-refractivity contribution in [1.82, 2.24) is 9.80 Å². The van der Waals surface area contributed by atoms with Gasteiger partial charge in [0.1, 0.15) is 5.78 Å². The molecular weight excluding hydrogens is 312 g/mol. The van der Waals surface area contributed by atoms with Gasteiger partial charge in [-0.15, -0.1) is 0 Å². The molecule has 2 atom stereocenters. The highest BCUT2D eigenvalue weighted by atomic mass is 16.4. The molecule has 1 rings (SSSR count). The number of hydrogen-bond donors (Lipinski definition) is 1. The lowest BCUT2D eigenvalue weighted by atomic mass is 9.84. The number of aliphatic carboxylic acids is 1. The van der Waals surface area contributed by atoms with Crippen LogP contribution in [-0.4, -0.2) is 71.1 Å². The van der Waals surface area contributed by atoms with Gasteiger partial charge in [-0.3, -0.25) is 19.2 Å². The molecule has 1 fully saturated rings. The number of carbonyl (C=O) groups excluding carboxylic acids is 3. The van der Waals surface area contributed by atoms with E-state index in [2.05, 4.69) is 0 Å². The van der Waals surface area contributed by atoms with E-state index in [4.69, 9.17) is 5.11 Å². The summed E-state index contributed by atoms with van der Waals surface area (Å²) in [6.07, 6.45) is 1.33. The molecule has 1 aliphatic rings. The van der Waals surface area contributed by atoms with E-state index in [0.717, 1.165) is 6.42 Å². The van der Waals surface area contributed by atoms with Crippen LogP contribution < -0.4 is 0 Å². The molecule has 0 bridgehead atoms. The first-order valence-electron chi connectivity index (χ1n) is 8.28. The van der Waals surface area contributed by atoms with Crippen molar-refractivity contribution in [1.29, 1.82) is 0 Å². The number of Topliss-reactive ketones (excluding diaryl/α,β-unsaturated/α-hetero) is 2. The molecule has 1 heterocycles. The SMILES string of the molecule is CC(=O)C(CCC(=O)O)CC(=O)C1(C)CCCN1C(=O)CN(C)C. The minimum Gasteiger partial charge on any atom is -0.481 e. The Balaban J connectivity index is 2.83. The van der Waals surface area contributed by atoms with Crippen molar-refractivity contribution in [3.05, 3.63) is 0 Å². The van der Waals surface area contributed by atoms with Gasteiger partial charge in [-0.05, 0) is 47.2 Å². The van der Waals surface area contributed by atoms with E-state index in [0.29, 0.717) is 13.0 Å². The second kappa shape index (κ2) is 8.37. The standard InChI is InChI=1S/C17H28N2O5/c1-12(20)13(6-7-16(23)24)10-14(21)17(2)8-5-9-19(17)15(22)11-18(3)4/h13H,5-11H2,1-4H3,(H,23,24). The molecule has 0 spiro atoms. The third kappa shape index (κ3) is 5.12. The number of carbonyl (C=O) groups is 4. The van der Waals surface area contributed by atoms with Gasteiger partial charge in [0.05, 0.1) is 12.1 Å². The fourth-order valence-electron chi connectivity index (χ4n) is 3.20. The maximum atomic E-state index is 12.8. The fraction of sp³-hybridized carbons (Fsp3) is 0.765. The topological polar surface area (TPSA) is 95.0 Å². The number of nitrogens with zero attached hydrogens (tertiary/aromatic N) is 2. The average Bonchev–Trinajstić information content (AvgIpc) is 2.85. The summed E-state index contributed by atoms with van der Waals surface area (Å²) in [6.45, 7) is 3.91. The third-order valence-corrected chi connectivity index (χ3v) is 4.71. The van der Waals surface area contributed by atoms with Crippen LogP contribution in [0.25, 0.3) is 0 Å². The summed E-state index contributed by atoms with van der Waals surface area (Å²) in [7, 11) is 3.59. The Morgan fingerprint density at radius 2 is 1.88 bits per heavy atom. The molecule has 1 amide bonds. The Morgan fingerprint density at radius 1 is 1.25 bits per heavy atom. The molecule has 0 aliphatic carbocycles. The minimum atomic E-state index is -0.983. The van der Waals surface area contributed by atoms with E-state index in [1.165, 1.54) is 6.92 Å². The molecule has 0 aromatic carbocycles. The molecule has 0 aromatic heterocycles. The van der Waals surface area contributed by atoms with Gasteiger partial charge < -0.3 is 14.9 Å². The van der Waals surface area contributed by atoms with Crippen LogP contribution in [0.5, 0.6) is 0 Å². The molecule has 136 valence electrons. The van der Waals surface area contributed by atoms with Gasteiger partial charge in [-0.1, -0.05) is 0 Å². The smallest absolute Gasteiger partial charge is 0.303 e. The monoisotopic (exact) mass is 340 g/mol. The number of rotatable bonds is 9. The highest BCUT2D eigenvalue weighted by Gasteiger charge is 2.45. The molecule has 24 heavy (non-hydrogen) atoms. The first-order valence-corrected chi connectivity index (χ1v) is 8.28. The zero-order valence-corrected chi connectivity index (χ0v) is 15.0. The van der Waals surface area contributed by atoms with Crippen LogP contribution in [0.3, 0.4) is 0 Å². The van der Waals surface area contributed by atoms with Gasteiger partial charge in [0, 0.05) is 25.3 Å². The number of amides is 1. The van der Waals surface area contributed by atoms with Gasteiger partial charge in [-0.25, -0.2) is 0 Å². The highest BCUT2D eigenvalue weighted by molar-refractivity contribution is 5.96. The Kier molecular flexibility index (Phi) is 7.08. The number of ketones is 2. The Hall–Kier alpha value is -1.76. The number of carboxylic acids is 1.